The van der Waals surface area contributed by atoms with Crippen molar-refractivity contribution in [1.82, 2.24) is 124 Å². The Morgan fingerprint density at radius 3 is 0.548 bits per heavy atom. The summed E-state index contributed by atoms with van der Waals surface area (Å²) >= 11 is 0. The number of unbranched alkanes of at least 4 members (excludes halogenated alkanes) is 13. The Hall–Kier alpha value is -8.88. The van der Waals surface area contributed by atoms with Crippen molar-refractivity contribution in [1.29, 1.82) is 0 Å². The lowest BCUT2D eigenvalue weighted by Gasteiger charge is -2.24. The van der Waals surface area contributed by atoms with Crippen molar-refractivity contribution in [3.8, 4) is 0 Å². The molecule has 1 rings (SSSR count). The van der Waals surface area contributed by atoms with Crippen molar-refractivity contribution >= 4 is 82.7 Å². The lowest BCUT2D eigenvalue weighted by atomic mass is 10.0. The van der Waals surface area contributed by atoms with Crippen molar-refractivity contribution in [2.24, 2.45) is 45.9 Å². The summed E-state index contributed by atoms with van der Waals surface area (Å²) in [6, 6.07) is 0. The zero-order valence-electron chi connectivity index (χ0n) is 81.8. The lowest BCUT2D eigenvalue weighted by Crippen LogP contribution is -2.42. The minimum atomic E-state index is -0.301. The van der Waals surface area contributed by atoms with Gasteiger partial charge in [-0.05, 0) is 6.42 Å². The molecule has 30 N–H and O–H groups in total. The summed E-state index contributed by atoms with van der Waals surface area (Å²) < 4.78 is 1.83. The molecule has 14 amide bonds. The van der Waals surface area contributed by atoms with Crippen molar-refractivity contribution in [3.63, 3.8) is 0 Å². The van der Waals surface area contributed by atoms with Gasteiger partial charge in [-0.1, -0.05) is 95.6 Å². The highest BCUT2D eigenvalue weighted by molar-refractivity contribution is 5.81. The van der Waals surface area contributed by atoms with Gasteiger partial charge in [0.15, 0.2) is 0 Å². The molecule has 0 saturated carbocycles. The molecule has 46 heteroatoms. The molecule has 0 atom stereocenters. The molecule has 46 nitrogen and oxygen atoms in total. The summed E-state index contributed by atoms with van der Waals surface area (Å²) in [5.74, 6) is -3.39. The Bertz CT molecular complexity index is 2920. The van der Waals surface area contributed by atoms with E-state index in [1.165, 1.54) is 70.6 Å². The second-order valence-electron chi connectivity index (χ2n) is 33.6. The van der Waals surface area contributed by atoms with E-state index in [0.717, 1.165) is 19.3 Å². The highest BCUT2D eigenvalue weighted by Gasteiger charge is 2.22. The van der Waals surface area contributed by atoms with Crippen molar-refractivity contribution in [3.05, 3.63) is 11.9 Å². The molecule has 0 radical (unpaired) electrons. The van der Waals surface area contributed by atoms with Crippen LogP contribution in [0.25, 0.3) is 0 Å². The van der Waals surface area contributed by atoms with Gasteiger partial charge in [0, 0.05) is 384 Å². The Labute approximate surface area is 802 Å². The average molecular weight is 1920 g/mol. The van der Waals surface area contributed by atoms with Gasteiger partial charge in [-0.15, -0.1) is 5.10 Å². The second kappa shape index (κ2) is 86.7. The van der Waals surface area contributed by atoms with E-state index in [1.807, 2.05) is 45.2 Å². The first kappa shape index (κ1) is 124. The summed E-state index contributed by atoms with van der Waals surface area (Å²) in [7, 11) is 0. The Morgan fingerprint density at radius 1 is 0.222 bits per heavy atom. The largest absolute Gasteiger partial charge is 0.355 e. The molecule has 0 unspecified atom stereocenters. The summed E-state index contributed by atoms with van der Waals surface area (Å²) in [4.78, 5) is 196. The predicted molar refractivity (Wildman–Crippen MR) is 523 cm³/mol. The van der Waals surface area contributed by atoms with Crippen LogP contribution < -0.4 is 120 Å². The third-order valence-corrected chi connectivity index (χ3v) is 22.1. The van der Waals surface area contributed by atoms with E-state index in [4.69, 9.17) is 45.9 Å². The molecule has 0 aliphatic heterocycles. The Kier molecular flexibility index (Phi) is 79.7. The summed E-state index contributed by atoms with van der Waals surface area (Å²) in [6.45, 7) is 14.5. The number of nitrogens with two attached hydrogens (primary N) is 8. The van der Waals surface area contributed by atoms with Crippen molar-refractivity contribution in [2.75, 3.05) is 275 Å². The van der Waals surface area contributed by atoms with Gasteiger partial charge in [-0.3, -0.25) is 76.7 Å². The fourth-order valence-corrected chi connectivity index (χ4v) is 14.2. The zero-order chi connectivity index (χ0) is 99.2. The van der Waals surface area contributed by atoms with Gasteiger partial charge >= 0.3 is 0 Å². The molecule has 1 aromatic rings. The number of nitrogens with one attached hydrogen (secondary N) is 14. The van der Waals surface area contributed by atoms with Crippen LogP contribution in [0.4, 0.5) is 0 Å². The highest BCUT2D eigenvalue weighted by atomic mass is 16.2. The highest BCUT2D eigenvalue weighted by Crippen LogP contribution is 2.15. The normalized spacial score (nSPS) is 11.3. The van der Waals surface area contributed by atoms with Gasteiger partial charge in [-0.25, -0.2) is 0 Å². The van der Waals surface area contributed by atoms with Crippen molar-refractivity contribution < 1.29 is 67.1 Å². The molecule has 1 heterocycles. The summed E-state index contributed by atoms with van der Waals surface area (Å²) in [5.41, 5.74) is 45.4. The quantitative estimate of drug-likeness (QED) is 0.0270. The summed E-state index contributed by atoms with van der Waals surface area (Å²) in [5, 5.41) is 48.8. The SMILES string of the molecule is CCCCCCCCCCCCCCCCn1cc(CN(CCC(=O)NCCN(CCC(=O)NCCN(CCC(=O)NCCN)CCC(=O)NCCN)CCC(=O)NCCN(CCC(=O)NCCN)CCC(=O)NCCN)CCC(=O)NCCN(CCC(=O)NCCN(CCC(=O)NCCN)CCC(=O)NCCN)CCC(=O)NCCN(CCC(=O)NCCN)CCC(=O)NCCN)nn1. The van der Waals surface area contributed by atoms with E-state index in [0.29, 0.717) is 143 Å². The molecule has 135 heavy (non-hydrogen) atoms. The zero-order valence-corrected chi connectivity index (χ0v) is 81.8. The lowest BCUT2D eigenvalue weighted by molar-refractivity contribution is -0.123. The minimum Gasteiger partial charge on any atom is -0.355 e. The van der Waals surface area contributed by atoms with Gasteiger partial charge < -0.3 is 150 Å². The van der Waals surface area contributed by atoms with Crippen molar-refractivity contribution in [2.45, 2.75) is 200 Å². The van der Waals surface area contributed by atoms with Crippen LogP contribution in [-0.2, 0) is 80.2 Å². The Morgan fingerprint density at radius 2 is 0.378 bits per heavy atom. The maximum atomic E-state index is 14.0. The first-order chi connectivity index (χ1) is 65.4. The number of hydrogen-bond donors (Lipinski definition) is 22. The van der Waals surface area contributed by atoms with E-state index in [2.05, 4.69) is 91.7 Å². The topological polar surface area (TPSA) is 669 Å². The van der Waals surface area contributed by atoms with Crippen LogP contribution in [0.5, 0.6) is 0 Å². The van der Waals surface area contributed by atoms with E-state index >= 15 is 0 Å². The molecule has 0 saturated heterocycles. The molecular weight excluding hydrogens is 1740 g/mol. The van der Waals surface area contributed by atoms with Crippen LogP contribution in [0.1, 0.15) is 192 Å². The molecule has 778 valence electrons. The van der Waals surface area contributed by atoms with E-state index < -0.39 is 0 Å². The number of carbonyl (C=O) groups is 14. The fourth-order valence-electron chi connectivity index (χ4n) is 14.2. The third-order valence-electron chi connectivity index (χ3n) is 22.1. The average Bonchev–Trinajstić information content (AvgIpc) is 1.82. The molecule has 0 spiro atoms. The molecular formula is C89H178N32O14. The summed E-state index contributed by atoms with van der Waals surface area (Å²) in [6.07, 6.45) is 20.4. The number of rotatable bonds is 93. The molecule has 0 aromatic carbocycles. The van der Waals surface area contributed by atoms with Crippen LogP contribution in [-0.4, -0.2) is 407 Å². The van der Waals surface area contributed by atoms with E-state index in [-0.39, 0.29) is 323 Å². The van der Waals surface area contributed by atoms with Crippen LogP contribution in [0, 0.1) is 0 Å². The smallest absolute Gasteiger partial charge is 0.221 e. The fraction of sp³-hybridized carbons (Fsp3) is 0.820. The first-order valence-electron chi connectivity index (χ1n) is 49.7. The number of aryl methyl sites for hydroxylation is 1. The van der Waals surface area contributed by atoms with Crippen LogP contribution >= 0.6 is 0 Å². The number of carbonyl (C=O) groups excluding carboxylic acids is 14. The minimum absolute atomic E-state index is 0.0131. The Balaban J connectivity index is 3.56. The van der Waals surface area contributed by atoms with E-state index in [9.17, 15) is 67.1 Å². The van der Waals surface area contributed by atoms with Crippen LogP contribution in [0.2, 0.25) is 0 Å². The van der Waals surface area contributed by atoms with Crippen LogP contribution in [0.15, 0.2) is 6.20 Å². The number of aromatic nitrogens is 3. The predicted octanol–water partition coefficient (Wildman–Crippen LogP) is -6.87. The van der Waals surface area contributed by atoms with Gasteiger partial charge in [-0.2, -0.15) is 0 Å². The maximum Gasteiger partial charge on any atom is 0.221 e. The van der Waals surface area contributed by atoms with Crippen LogP contribution in [0.3, 0.4) is 0 Å². The monoisotopic (exact) mass is 1920 g/mol. The third kappa shape index (κ3) is 75.9. The second-order valence-corrected chi connectivity index (χ2v) is 33.6. The maximum absolute atomic E-state index is 14.0. The number of hydrogen-bond acceptors (Lipinski definition) is 31. The van der Waals surface area contributed by atoms with Gasteiger partial charge in [0.1, 0.15) is 0 Å². The van der Waals surface area contributed by atoms with Gasteiger partial charge in [0.05, 0.1) is 5.69 Å². The number of nitrogens with zero attached hydrogens (tertiary/aromatic N) is 10. The number of amides is 14. The molecule has 0 bridgehead atoms. The first-order valence-corrected chi connectivity index (χ1v) is 49.7. The molecule has 0 fully saturated rings. The van der Waals surface area contributed by atoms with E-state index in [1.54, 1.807) is 0 Å². The molecule has 0 aliphatic rings. The van der Waals surface area contributed by atoms with Gasteiger partial charge in [0.2, 0.25) is 82.7 Å². The molecule has 1 aromatic heterocycles. The van der Waals surface area contributed by atoms with Gasteiger partial charge in [0.25, 0.3) is 0 Å². The molecule has 0 aliphatic carbocycles. The standard InChI is InChI=1S/C89H178N32O14/c1-2-3-4-5-6-7-8-9-10-11-12-13-14-15-52-121-74-75(112-113-121)73-120(65-28-88(134)110-50-71-118(61-24-84(130)106-46-67-114(53-16-76(122)98-38-30-90)54-17-77(123)99-39-31-91)62-25-85(131)107-47-68-115(55-18-78(124)100-40-32-92)56-19-79(125)101-41-33-93)66-29-89(135)111-51-72-119(63-26-86(132)108-48-69-116(57-20-80(126)102-42-34-94)58-21-81(127)103-43-35-95)64-27-87(133)109-49-70-117(59-22-82(128)104-44-36-96)60-23-83(129)105-45-37-97/h74H,2-73,90-97H2,1H3,(H,98,122)(H,99,123)(H,100,124)(H,101,125)(H,102,126)(H,103,127)(H,104,128)(H,105,129)(H,106,130)(H,107,131)(H,108,132)(H,109,133)(H,110,134)(H,111,135).